The van der Waals surface area contributed by atoms with Crippen molar-refractivity contribution >= 4 is 17.6 Å². The zero-order valence-electron chi connectivity index (χ0n) is 6.14. The maximum Gasteiger partial charge on any atom is 0.137 e. The lowest BCUT2D eigenvalue weighted by molar-refractivity contribution is -0.121. The fourth-order valence-electron chi connectivity index (χ4n) is 1.16. The van der Waals surface area contributed by atoms with Crippen molar-refractivity contribution < 1.29 is 4.79 Å². The fourth-order valence-corrected chi connectivity index (χ4v) is 1.49. The molecule has 58 valence electrons. The van der Waals surface area contributed by atoms with Crippen LogP contribution in [0.15, 0.2) is 0 Å². The number of hydrogen-bond donors (Lipinski definition) is 0. The number of ketones is 1. The van der Waals surface area contributed by atoms with Gasteiger partial charge in [-0.05, 0) is 18.2 Å². The Bertz CT molecular complexity index is 138. The second-order valence-corrected chi connectivity index (χ2v) is 3.32. The van der Waals surface area contributed by atoms with Gasteiger partial charge in [-0.2, -0.15) is 0 Å². The molecule has 1 aliphatic heterocycles. The Balaban J connectivity index is 2.49. The predicted molar refractivity (Wildman–Crippen MR) is 40.8 cm³/mol. The highest BCUT2D eigenvalue weighted by Crippen LogP contribution is 2.13. The van der Waals surface area contributed by atoms with Crippen molar-refractivity contribution in [3.8, 4) is 0 Å². The summed E-state index contributed by atoms with van der Waals surface area (Å²) >= 11 is 5.76. The molecule has 0 bridgehead atoms. The molecule has 1 rings (SSSR count). The van der Waals surface area contributed by atoms with E-state index in [1.807, 2.05) is 6.92 Å². The number of rotatable bonds is 0. The van der Waals surface area contributed by atoms with E-state index in [1.165, 1.54) is 0 Å². The number of nitrogens with zero attached hydrogens (tertiary/aromatic N) is 1. The minimum absolute atomic E-state index is 0.125. The average Bonchev–Trinajstić information content (AvgIpc) is 1.96. The van der Waals surface area contributed by atoms with Crippen molar-refractivity contribution in [3.63, 3.8) is 0 Å². The molecule has 10 heavy (non-hydrogen) atoms. The Kier molecular flexibility index (Phi) is 2.69. The molecule has 2 nitrogen and oxygen atoms in total. The van der Waals surface area contributed by atoms with Crippen LogP contribution in [0.1, 0.15) is 19.8 Å². The first kappa shape index (κ1) is 8.02. The van der Waals surface area contributed by atoms with Crippen LogP contribution in [0.3, 0.4) is 0 Å². The molecule has 1 aliphatic rings. The second-order valence-electron chi connectivity index (χ2n) is 2.84. The van der Waals surface area contributed by atoms with Crippen molar-refractivity contribution in [1.29, 1.82) is 0 Å². The molecule has 1 heterocycles. The van der Waals surface area contributed by atoms with Crippen LogP contribution in [0.2, 0.25) is 0 Å². The highest BCUT2D eigenvalue weighted by atomic mass is 35.5. The Morgan fingerprint density at radius 3 is 3.10 bits per heavy atom. The molecular weight excluding hydrogens is 150 g/mol. The van der Waals surface area contributed by atoms with Crippen LogP contribution >= 0.6 is 11.8 Å². The van der Waals surface area contributed by atoms with E-state index in [0.29, 0.717) is 18.7 Å². The summed E-state index contributed by atoms with van der Waals surface area (Å²) in [6.45, 7) is 3.49. The SMILES string of the molecule is CC1CN(Cl)CCCC1=O. The number of Topliss-reactive ketones (excluding diaryl/α,β-unsaturated/α-hetero) is 1. The van der Waals surface area contributed by atoms with Crippen LogP contribution in [0.4, 0.5) is 0 Å². The minimum Gasteiger partial charge on any atom is -0.299 e. The Morgan fingerprint density at radius 2 is 2.40 bits per heavy atom. The van der Waals surface area contributed by atoms with Gasteiger partial charge in [0.05, 0.1) is 0 Å². The first-order valence-corrected chi connectivity index (χ1v) is 3.97. The number of hydrogen-bond acceptors (Lipinski definition) is 2. The molecule has 0 saturated carbocycles. The highest BCUT2D eigenvalue weighted by Gasteiger charge is 2.19. The van der Waals surface area contributed by atoms with Crippen LogP contribution in [0, 0.1) is 5.92 Å². The molecule has 0 amide bonds. The number of carbonyl (C=O) groups excluding carboxylic acids is 1. The van der Waals surface area contributed by atoms with E-state index in [4.69, 9.17) is 11.8 Å². The van der Waals surface area contributed by atoms with E-state index in [0.717, 1.165) is 13.0 Å². The summed E-state index contributed by atoms with van der Waals surface area (Å²) in [7, 11) is 0. The zero-order chi connectivity index (χ0) is 7.56. The van der Waals surface area contributed by atoms with Gasteiger partial charge in [-0.25, -0.2) is 4.42 Å². The Labute approximate surface area is 66.3 Å². The summed E-state index contributed by atoms with van der Waals surface area (Å²) in [5.74, 6) is 0.475. The Hall–Kier alpha value is -0.0800. The molecule has 0 radical (unpaired) electrons. The standard InChI is InChI=1S/C7H12ClNO/c1-6-5-9(8)4-2-3-7(6)10/h6H,2-5H2,1H3. The number of halogens is 1. The summed E-state index contributed by atoms with van der Waals surface area (Å²) in [4.78, 5) is 11.1. The minimum atomic E-state index is 0.125. The van der Waals surface area contributed by atoms with Crippen molar-refractivity contribution in [1.82, 2.24) is 4.42 Å². The van der Waals surface area contributed by atoms with Gasteiger partial charge in [0.25, 0.3) is 0 Å². The van der Waals surface area contributed by atoms with Gasteiger partial charge in [0.15, 0.2) is 0 Å². The third-order valence-electron chi connectivity index (χ3n) is 1.85. The van der Waals surface area contributed by atoms with Crippen LogP contribution in [-0.2, 0) is 4.79 Å². The van der Waals surface area contributed by atoms with E-state index >= 15 is 0 Å². The van der Waals surface area contributed by atoms with Gasteiger partial charge in [-0.3, -0.25) is 4.79 Å². The molecule has 1 fully saturated rings. The van der Waals surface area contributed by atoms with Crippen LogP contribution in [0.25, 0.3) is 0 Å². The summed E-state index contributed by atoms with van der Waals surface area (Å²) in [6.07, 6.45) is 1.61. The Morgan fingerprint density at radius 1 is 1.70 bits per heavy atom. The molecule has 0 N–H and O–H groups in total. The number of carbonyl (C=O) groups is 1. The first-order chi connectivity index (χ1) is 4.70. The fraction of sp³-hybridized carbons (Fsp3) is 0.857. The van der Waals surface area contributed by atoms with Crippen LogP contribution < -0.4 is 0 Å². The molecule has 0 aromatic heterocycles. The third kappa shape index (κ3) is 1.96. The molecule has 1 unspecified atom stereocenters. The second kappa shape index (κ2) is 3.35. The molecule has 0 aliphatic carbocycles. The van der Waals surface area contributed by atoms with Crippen molar-refractivity contribution in [3.05, 3.63) is 0 Å². The van der Waals surface area contributed by atoms with Gasteiger partial charge in [0, 0.05) is 25.4 Å². The topological polar surface area (TPSA) is 20.3 Å². The van der Waals surface area contributed by atoms with Crippen molar-refractivity contribution in [2.75, 3.05) is 13.1 Å². The zero-order valence-corrected chi connectivity index (χ0v) is 6.90. The van der Waals surface area contributed by atoms with Gasteiger partial charge in [-0.1, -0.05) is 6.92 Å². The van der Waals surface area contributed by atoms with E-state index in [-0.39, 0.29) is 5.92 Å². The van der Waals surface area contributed by atoms with Gasteiger partial charge in [0.2, 0.25) is 0 Å². The van der Waals surface area contributed by atoms with Gasteiger partial charge in [0.1, 0.15) is 5.78 Å². The molecule has 3 heteroatoms. The molecule has 0 aromatic rings. The normalized spacial score (nSPS) is 30.2. The van der Waals surface area contributed by atoms with E-state index < -0.39 is 0 Å². The lowest BCUT2D eigenvalue weighted by Gasteiger charge is -2.11. The molecule has 1 saturated heterocycles. The quantitative estimate of drug-likeness (QED) is 0.501. The monoisotopic (exact) mass is 161 g/mol. The predicted octanol–water partition coefficient (Wildman–Crippen LogP) is 1.44. The molecule has 0 aromatic carbocycles. The summed E-state index contributed by atoms with van der Waals surface area (Å²) < 4.78 is 1.70. The lowest BCUT2D eigenvalue weighted by atomic mass is 10.1. The van der Waals surface area contributed by atoms with Crippen LogP contribution in [-0.4, -0.2) is 23.3 Å². The van der Waals surface area contributed by atoms with Crippen LogP contribution in [0.5, 0.6) is 0 Å². The van der Waals surface area contributed by atoms with Gasteiger partial charge < -0.3 is 0 Å². The van der Waals surface area contributed by atoms with Crippen molar-refractivity contribution in [2.24, 2.45) is 5.92 Å². The smallest absolute Gasteiger partial charge is 0.137 e. The van der Waals surface area contributed by atoms with E-state index in [1.54, 1.807) is 4.42 Å². The third-order valence-corrected chi connectivity index (χ3v) is 2.15. The van der Waals surface area contributed by atoms with Gasteiger partial charge >= 0.3 is 0 Å². The van der Waals surface area contributed by atoms with E-state index in [2.05, 4.69) is 0 Å². The summed E-state index contributed by atoms with van der Waals surface area (Å²) in [5, 5.41) is 0. The summed E-state index contributed by atoms with van der Waals surface area (Å²) in [5.41, 5.74) is 0. The first-order valence-electron chi connectivity index (χ1n) is 3.63. The highest BCUT2D eigenvalue weighted by molar-refractivity contribution is 6.13. The summed E-state index contributed by atoms with van der Waals surface area (Å²) in [6, 6.07) is 0. The van der Waals surface area contributed by atoms with Crippen molar-refractivity contribution in [2.45, 2.75) is 19.8 Å². The molecule has 0 spiro atoms. The largest absolute Gasteiger partial charge is 0.299 e. The molecule has 1 atom stereocenters. The van der Waals surface area contributed by atoms with Gasteiger partial charge in [-0.15, -0.1) is 0 Å². The molecular formula is C7H12ClNO. The average molecular weight is 162 g/mol. The maximum atomic E-state index is 11.1. The van der Waals surface area contributed by atoms with E-state index in [9.17, 15) is 4.79 Å². The lowest BCUT2D eigenvalue weighted by Crippen LogP contribution is -2.20. The maximum absolute atomic E-state index is 11.1.